The van der Waals surface area contributed by atoms with Gasteiger partial charge in [-0.2, -0.15) is 0 Å². The van der Waals surface area contributed by atoms with Crippen LogP contribution >= 0.6 is 0 Å². The lowest BCUT2D eigenvalue weighted by atomic mass is 9.88. The summed E-state index contributed by atoms with van der Waals surface area (Å²) in [6.45, 7) is 6.98. The zero-order chi connectivity index (χ0) is 25.8. The number of nitrogens with zero attached hydrogens (tertiary/aromatic N) is 3. The Morgan fingerprint density at radius 2 is 1.51 bits per heavy atom. The van der Waals surface area contributed by atoms with Gasteiger partial charge in [-0.05, 0) is 48.2 Å². The third kappa shape index (κ3) is 5.39. The lowest BCUT2D eigenvalue weighted by molar-refractivity contribution is -0.142. The summed E-state index contributed by atoms with van der Waals surface area (Å²) in [5, 5.41) is 9.51. The Morgan fingerprint density at radius 1 is 0.892 bits per heavy atom. The third-order valence-corrected chi connectivity index (χ3v) is 7.85. The molecule has 6 nitrogen and oxygen atoms in total. The van der Waals surface area contributed by atoms with E-state index in [0.717, 1.165) is 50.4 Å². The molecular weight excluding hydrogens is 462 g/mol. The van der Waals surface area contributed by atoms with Crippen LogP contribution in [0.15, 0.2) is 78.9 Å². The molecule has 3 aromatic rings. The number of rotatable bonds is 9. The molecule has 0 aliphatic carbocycles. The number of hydrogen-bond donors (Lipinski definition) is 1. The van der Waals surface area contributed by atoms with Crippen LogP contribution in [0, 0.1) is 0 Å². The van der Waals surface area contributed by atoms with Crippen LogP contribution in [-0.4, -0.2) is 65.5 Å². The number of benzene rings is 3. The van der Waals surface area contributed by atoms with E-state index in [2.05, 4.69) is 76.5 Å². The minimum absolute atomic E-state index is 0.169. The van der Waals surface area contributed by atoms with E-state index in [4.69, 9.17) is 0 Å². The number of carboxylic acids is 1. The highest BCUT2D eigenvalue weighted by Gasteiger charge is 2.36. The quantitative estimate of drug-likeness (QED) is 0.458. The van der Waals surface area contributed by atoms with Gasteiger partial charge in [-0.1, -0.05) is 73.7 Å². The van der Waals surface area contributed by atoms with Crippen LogP contribution in [0.4, 0.5) is 5.69 Å². The van der Waals surface area contributed by atoms with Gasteiger partial charge in [-0.15, -0.1) is 0 Å². The van der Waals surface area contributed by atoms with Gasteiger partial charge in [0.15, 0.2) is 0 Å². The maximum Gasteiger partial charge on any atom is 0.326 e. The van der Waals surface area contributed by atoms with Gasteiger partial charge in [0.2, 0.25) is 0 Å². The van der Waals surface area contributed by atoms with Crippen LogP contribution in [0.5, 0.6) is 0 Å². The van der Waals surface area contributed by atoms with Gasteiger partial charge < -0.3 is 14.9 Å². The second kappa shape index (κ2) is 11.2. The molecule has 0 aromatic heterocycles. The average Bonchev–Trinajstić information content (AvgIpc) is 3.26. The Balaban J connectivity index is 1.20. The predicted octanol–water partition coefficient (Wildman–Crippen LogP) is 4.85. The molecule has 1 unspecified atom stereocenters. The van der Waals surface area contributed by atoms with Crippen molar-refractivity contribution in [2.75, 3.05) is 37.6 Å². The molecule has 1 saturated heterocycles. The molecule has 1 fully saturated rings. The summed E-state index contributed by atoms with van der Waals surface area (Å²) in [5.74, 6) is -0.733. The van der Waals surface area contributed by atoms with E-state index in [0.29, 0.717) is 24.4 Å². The number of piperazine rings is 1. The van der Waals surface area contributed by atoms with Crippen molar-refractivity contribution < 1.29 is 14.7 Å². The van der Waals surface area contributed by atoms with Crippen molar-refractivity contribution >= 4 is 17.6 Å². The largest absolute Gasteiger partial charge is 0.480 e. The second-order valence-corrected chi connectivity index (χ2v) is 10.0. The van der Waals surface area contributed by atoms with Gasteiger partial charge in [-0.25, -0.2) is 4.79 Å². The second-order valence-electron chi connectivity index (χ2n) is 10.0. The highest BCUT2D eigenvalue weighted by Crippen LogP contribution is 2.31. The average molecular weight is 498 g/mol. The van der Waals surface area contributed by atoms with E-state index in [9.17, 15) is 14.7 Å². The summed E-state index contributed by atoms with van der Waals surface area (Å²) in [5.41, 5.74) is 5.33. The van der Waals surface area contributed by atoms with Crippen LogP contribution in [-0.2, 0) is 11.3 Å². The smallest absolute Gasteiger partial charge is 0.326 e. The number of carbonyl (C=O) groups excluding carboxylic acids is 1. The van der Waals surface area contributed by atoms with Crippen LogP contribution in [0.25, 0.3) is 0 Å². The first kappa shape index (κ1) is 25.0. The minimum Gasteiger partial charge on any atom is -0.480 e. The Labute approximate surface area is 219 Å². The summed E-state index contributed by atoms with van der Waals surface area (Å²) >= 11 is 0. The molecule has 6 heteroatoms. The molecule has 1 N–H and O–H groups in total. The van der Waals surface area contributed by atoms with Crippen molar-refractivity contribution in [2.24, 2.45) is 0 Å². The number of hydrogen-bond acceptors (Lipinski definition) is 4. The highest BCUT2D eigenvalue weighted by molar-refractivity contribution is 6.01. The van der Waals surface area contributed by atoms with Crippen LogP contribution < -0.4 is 4.90 Å². The Bertz CT molecular complexity index is 1180. The molecule has 1 atom stereocenters. The van der Waals surface area contributed by atoms with Crippen LogP contribution in [0.1, 0.15) is 52.7 Å². The fourth-order valence-electron chi connectivity index (χ4n) is 5.73. The summed E-state index contributed by atoms with van der Waals surface area (Å²) < 4.78 is 0. The molecule has 2 heterocycles. The fraction of sp³-hybridized carbons (Fsp3) is 0.355. The van der Waals surface area contributed by atoms with Gasteiger partial charge in [-0.3, -0.25) is 9.69 Å². The van der Waals surface area contributed by atoms with E-state index in [1.807, 2.05) is 19.1 Å². The first-order chi connectivity index (χ1) is 18.0. The number of anilines is 1. The monoisotopic (exact) mass is 497 g/mol. The summed E-state index contributed by atoms with van der Waals surface area (Å²) in [7, 11) is 0. The van der Waals surface area contributed by atoms with E-state index in [-0.39, 0.29) is 5.91 Å². The SMILES string of the molecule is CCC(C(=O)O)N1Cc2ccc(N3CCN(CCC(c4ccccc4)c4ccccc4)CC3)cc2C1=O. The summed E-state index contributed by atoms with van der Waals surface area (Å²) in [6, 6.07) is 26.8. The van der Waals surface area contributed by atoms with Crippen molar-refractivity contribution in [1.29, 1.82) is 0 Å². The summed E-state index contributed by atoms with van der Waals surface area (Å²) in [6.07, 6.45) is 1.47. The summed E-state index contributed by atoms with van der Waals surface area (Å²) in [4.78, 5) is 31.0. The molecule has 2 aliphatic heterocycles. The first-order valence-corrected chi connectivity index (χ1v) is 13.3. The van der Waals surface area contributed by atoms with E-state index >= 15 is 0 Å². The topological polar surface area (TPSA) is 64.1 Å². The molecule has 0 bridgehead atoms. The van der Waals surface area contributed by atoms with Crippen molar-refractivity contribution in [3.05, 3.63) is 101 Å². The van der Waals surface area contributed by atoms with Crippen molar-refractivity contribution in [1.82, 2.24) is 9.80 Å². The Hall–Kier alpha value is -3.64. The Morgan fingerprint density at radius 3 is 2.08 bits per heavy atom. The normalized spacial score (nSPS) is 16.8. The number of amides is 1. The lowest BCUT2D eigenvalue weighted by Crippen LogP contribution is -2.46. The van der Waals surface area contributed by atoms with Crippen molar-refractivity contribution in [3.8, 4) is 0 Å². The Kier molecular flexibility index (Phi) is 7.56. The maximum atomic E-state index is 13.0. The van der Waals surface area contributed by atoms with Crippen molar-refractivity contribution in [3.63, 3.8) is 0 Å². The molecule has 192 valence electrons. The standard InChI is InChI=1S/C31H35N3O3/c1-2-29(31(36)37)34-22-25-13-14-26(21-28(25)30(34)35)33-19-17-32(18-20-33)16-15-27(23-9-5-3-6-10-23)24-11-7-4-8-12-24/h3-14,21,27,29H,2,15-20,22H2,1H3,(H,36,37). The molecule has 5 rings (SSSR count). The van der Waals surface area contributed by atoms with E-state index in [1.54, 1.807) is 0 Å². The van der Waals surface area contributed by atoms with E-state index in [1.165, 1.54) is 16.0 Å². The van der Waals surface area contributed by atoms with Gasteiger partial charge >= 0.3 is 5.97 Å². The molecule has 0 radical (unpaired) electrons. The molecular formula is C31H35N3O3. The van der Waals surface area contributed by atoms with Crippen LogP contribution in [0.2, 0.25) is 0 Å². The van der Waals surface area contributed by atoms with Gasteiger partial charge in [0.25, 0.3) is 5.91 Å². The van der Waals surface area contributed by atoms with E-state index < -0.39 is 12.0 Å². The first-order valence-electron chi connectivity index (χ1n) is 13.3. The van der Waals surface area contributed by atoms with Gasteiger partial charge in [0.05, 0.1) is 0 Å². The minimum atomic E-state index is -0.943. The zero-order valence-corrected chi connectivity index (χ0v) is 21.4. The highest BCUT2D eigenvalue weighted by atomic mass is 16.4. The number of fused-ring (bicyclic) bond motifs is 1. The third-order valence-electron chi connectivity index (χ3n) is 7.85. The molecule has 1 amide bonds. The zero-order valence-electron chi connectivity index (χ0n) is 21.4. The lowest BCUT2D eigenvalue weighted by Gasteiger charge is -2.37. The van der Waals surface area contributed by atoms with Gasteiger partial charge in [0, 0.05) is 49.9 Å². The molecule has 2 aliphatic rings. The predicted molar refractivity (Wildman–Crippen MR) is 146 cm³/mol. The number of carboxylic acid groups (broad SMARTS) is 1. The number of carbonyl (C=O) groups is 2. The van der Waals surface area contributed by atoms with Crippen molar-refractivity contribution in [2.45, 2.75) is 38.3 Å². The fourth-order valence-corrected chi connectivity index (χ4v) is 5.73. The molecule has 0 spiro atoms. The van der Waals surface area contributed by atoms with Gasteiger partial charge in [0.1, 0.15) is 6.04 Å². The van der Waals surface area contributed by atoms with Crippen LogP contribution in [0.3, 0.4) is 0 Å². The maximum absolute atomic E-state index is 13.0. The molecule has 3 aromatic carbocycles. The molecule has 37 heavy (non-hydrogen) atoms. The number of aliphatic carboxylic acids is 1. The molecule has 0 saturated carbocycles.